The number of nitrogens with zero attached hydrogens (tertiary/aromatic N) is 1. The van der Waals surface area contributed by atoms with Gasteiger partial charge in [-0.3, -0.25) is 17.8 Å². The molecule has 0 aliphatic carbocycles. The Labute approximate surface area is 193 Å². The molecule has 2 aromatic carbocycles. The maximum Gasteiger partial charge on any atom is 0.447 e. The SMILES string of the molecule is C[C@@H](C[Si](F)(F)[C@@H](Cc1ccccc1)NC(=O)c1ccccc1)C(=O)N1CCC[C@H]1C(=O)O. The molecule has 1 aliphatic heterocycles. The van der Waals surface area contributed by atoms with Crippen LogP contribution >= 0.6 is 0 Å². The summed E-state index contributed by atoms with van der Waals surface area (Å²) in [5.41, 5.74) is -0.463. The first-order chi connectivity index (χ1) is 15.7. The van der Waals surface area contributed by atoms with Crippen molar-refractivity contribution >= 4 is 26.5 Å². The number of halogens is 2. The van der Waals surface area contributed by atoms with E-state index in [1.54, 1.807) is 60.7 Å². The lowest BCUT2D eigenvalue weighted by atomic mass is 10.1. The summed E-state index contributed by atoms with van der Waals surface area (Å²) >= 11 is 0. The average Bonchev–Trinajstić information content (AvgIpc) is 3.29. The van der Waals surface area contributed by atoms with Crippen molar-refractivity contribution in [3.8, 4) is 0 Å². The average molecular weight is 475 g/mol. The Morgan fingerprint density at radius 2 is 1.70 bits per heavy atom. The second-order valence-corrected chi connectivity index (χ2v) is 11.1. The lowest BCUT2D eigenvalue weighted by Crippen LogP contribution is -2.54. The Hall–Kier alpha value is -3.07. The first-order valence-electron chi connectivity index (χ1n) is 11.0. The fraction of sp³-hybridized carbons (Fsp3) is 0.375. The molecule has 0 spiro atoms. The van der Waals surface area contributed by atoms with Crippen LogP contribution in [-0.2, 0) is 16.0 Å². The van der Waals surface area contributed by atoms with E-state index in [4.69, 9.17) is 0 Å². The van der Waals surface area contributed by atoms with Crippen LogP contribution in [0.2, 0.25) is 6.04 Å². The van der Waals surface area contributed by atoms with Gasteiger partial charge in [0, 0.05) is 24.1 Å². The summed E-state index contributed by atoms with van der Waals surface area (Å²) in [5, 5.41) is 11.8. The van der Waals surface area contributed by atoms with Crippen molar-refractivity contribution < 1.29 is 27.7 Å². The van der Waals surface area contributed by atoms with Crippen LogP contribution in [0.5, 0.6) is 0 Å². The van der Waals surface area contributed by atoms with Gasteiger partial charge in [-0.05, 0) is 37.0 Å². The van der Waals surface area contributed by atoms with Crippen molar-refractivity contribution in [2.75, 3.05) is 6.54 Å². The van der Waals surface area contributed by atoms with Gasteiger partial charge in [0.2, 0.25) is 5.91 Å². The molecule has 3 rings (SSSR count). The topological polar surface area (TPSA) is 86.7 Å². The van der Waals surface area contributed by atoms with Crippen LogP contribution < -0.4 is 5.32 Å². The molecule has 0 unspecified atom stereocenters. The van der Waals surface area contributed by atoms with E-state index in [2.05, 4.69) is 5.32 Å². The van der Waals surface area contributed by atoms with E-state index in [0.717, 1.165) is 0 Å². The second-order valence-electron chi connectivity index (χ2n) is 8.48. The number of carbonyl (C=O) groups excluding carboxylic acids is 2. The monoisotopic (exact) mass is 474 g/mol. The number of nitrogens with one attached hydrogen (secondary N) is 1. The molecule has 1 saturated heterocycles. The van der Waals surface area contributed by atoms with Gasteiger partial charge in [0.05, 0.1) is 5.67 Å². The number of aliphatic carboxylic acids is 1. The molecule has 2 aromatic rings. The Balaban J connectivity index is 1.77. The Morgan fingerprint density at radius 3 is 2.30 bits per heavy atom. The van der Waals surface area contributed by atoms with Crippen LogP contribution in [0.25, 0.3) is 0 Å². The van der Waals surface area contributed by atoms with Crippen LogP contribution in [0.15, 0.2) is 60.7 Å². The number of carboxylic acids is 1. The zero-order valence-corrected chi connectivity index (χ0v) is 19.4. The highest BCUT2D eigenvalue weighted by Crippen LogP contribution is 2.29. The molecule has 0 radical (unpaired) electrons. The molecule has 176 valence electrons. The Kier molecular flexibility index (Phi) is 7.96. The quantitative estimate of drug-likeness (QED) is 0.429. The van der Waals surface area contributed by atoms with Crippen LogP contribution in [-0.4, -0.2) is 54.8 Å². The number of rotatable bonds is 9. The minimum absolute atomic E-state index is 0.0546. The maximum atomic E-state index is 15.6. The van der Waals surface area contributed by atoms with Crippen LogP contribution in [0.1, 0.15) is 35.7 Å². The van der Waals surface area contributed by atoms with Crippen molar-refractivity contribution in [1.82, 2.24) is 10.2 Å². The molecule has 3 atom stereocenters. The third-order valence-corrected chi connectivity index (χ3v) is 8.48. The van der Waals surface area contributed by atoms with Gasteiger partial charge in [-0.15, -0.1) is 0 Å². The predicted molar refractivity (Wildman–Crippen MR) is 122 cm³/mol. The number of carbonyl (C=O) groups is 3. The number of hydrogen-bond donors (Lipinski definition) is 2. The van der Waals surface area contributed by atoms with Gasteiger partial charge in [-0.2, -0.15) is 0 Å². The molecule has 0 aromatic heterocycles. The highest BCUT2D eigenvalue weighted by Gasteiger charge is 2.49. The van der Waals surface area contributed by atoms with Gasteiger partial charge in [-0.25, -0.2) is 4.79 Å². The van der Waals surface area contributed by atoms with Gasteiger partial charge in [0.15, 0.2) is 0 Å². The molecule has 0 bridgehead atoms. The summed E-state index contributed by atoms with van der Waals surface area (Å²) < 4.78 is 31.3. The van der Waals surface area contributed by atoms with Crippen LogP contribution in [0, 0.1) is 5.92 Å². The normalized spacial score (nSPS) is 17.9. The molecule has 0 saturated carbocycles. The number of likely N-dealkylation sites (tertiary alicyclic amines) is 1. The zero-order valence-electron chi connectivity index (χ0n) is 18.4. The summed E-state index contributed by atoms with van der Waals surface area (Å²) in [6.07, 6.45) is 0.805. The molecule has 33 heavy (non-hydrogen) atoms. The summed E-state index contributed by atoms with van der Waals surface area (Å²) in [7, 11) is -5.16. The largest absolute Gasteiger partial charge is 0.480 e. The summed E-state index contributed by atoms with van der Waals surface area (Å²) in [5.74, 6) is -3.32. The minimum Gasteiger partial charge on any atom is -0.480 e. The van der Waals surface area contributed by atoms with Crippen molar-refractivity contribution in [1.29, 1.82) is 0 Å². The highest BCUT2D eigenvalue weighted by molar-refractivity contribution is 6.68. The molecule has 9 heteroatoms. The third-order valence-electron chi connectivity index (χ3n) is 5.95. The van der Waals surface area contributed by atoms with Crippen molar-refractivity contribution in [3.63, 3.8) is 0 Å². The number of carboxylic acid groups (broad SMARTS) is 1. The van der Waals surface area contributed by atoms with E-state index in [0.29, 0.717) is 18.4 Å². The highest BCUT2D eigenvalue weighted by atomic mass is 28.4. The van der Waals surface area contributed by atoms with Gasteiger partial charge in [-0.1, -0.05) is 55.5 Å². The summed E-state index contributed by atoms with van der Waals surface area (Å²) in [4.78, 5) is 38.1. The van der Waals surface area contributed by atoms with Crippen LogP contribution in [0.3, 0.4) is 0 Å². The number of benzene rings is 2. The summed E-state index contributed by atoms with van der Waals surface area (Å²) in [6, 6.07) is 15.3. The number of hydrogen-bond acceptors (Lipinski definition) is 3. The molecule has 1 aliphatic rings. The Morgan fingerprint density at radius 1 is 1.09 bits per heavy atom. The molecule has 1 heterocycles. The zero-order chi connectivity index (χ0) is 24.0. The van der Waals surface area contributed by atoms with Crippen LogP contribution in [0.4, 0.5) is 8.22 Å². The number of amides is 2. The molecular formula is C24H28F2N2O4Si. The van der Waals surface area contributed by atoms with E-state index in [1.807, 2.05) is 0 Å². The van der Waals surface area contributed by atoms with Gasteiger partial charge >= 0.3 is 14.7 Å². The van der Waals surface area contributed by atoms with Crippen molar-refractivity contribution in [2.24, 2.45) is 5.92 Å². The third kappa shape index (κ3) is 6.25. The standard InChI is InChI=1S/C24H28F2N2O4Si/c1-17(23(30)28-14-8-13-20(28)24(31)32)16-33(25,26)21(15-18-9-4-2-5-10-18)27-22(29)19-11-6-3-7-12-19/h2-7,9-12,17,20-21H,8,13-16H2,1H3,(H,27,29)(H,31,32)/t17-,20-,21-/m0/s1. The van der Waals surface area contributed by atoms with Gasteiger partial charge < -0.3 is 15.3 Å². The first kappa shape index (κ1) is 24.6. The van der Waals surface area contributed by atoms with Gasteiger partial charge in [0.1, 0.15) is 6.04 Å². The van der Waals surface area contributed by atoms with E-state index < -0.39 is 50.2 Å². The lowest BCUT2D eigenvalue weighted by molar-refractivity contribution is -0.149. The van der Waals surface area contributed by atoms with Crippen molar-refractivity contribution in [3.05, 3.63) is 71.8 Å². The predicted octanol–water partition coefficient (Wildman–Crippen LogP) is 3.66. The van der Waals surface area contributed by atoms with E-state index in [-0.39, 0.29) is 18.5 Å². The smallest absolute Gasteiger partial charge is 0.447 e. The molecule has 2 N–H and O–H groups in total. The second kappa shape index (κ2) is 10.7. The minimum atomic E-state index is -5.16. The first-order valence-corrected chi connectivity index (χ1v) is 13.0. The van der Waals surface area contributed by atoms with Gasteiger partial charge in [0.25, 0.3) is 5.91 Å². The van der Waals surface area contributed by atoms with E-state index in [9.17, 15) is 19.5 Å². The molecule has 6 nitrogen and oxygen atoms in total. The van der Waals surface area contributed by atoms with E-state index in [1.165, 1.54) is 11.8 Å². The van der Waals surface area contributed by atoms with E-state index >= 15 is 8.22 Å². The Bertz CT molecular complexity index is 975. The maximum absolute atomic E-state index is 15.6. The lowest BCUT2D eigenvalue weighted by Gasteiger charge is -2.30. The van der Waals surface area contributed by atoms with Crippen molar-refractivity contribution in [2.45, 2.75) is 43.9 Å². The fourth-order valence-corrected chi connectivity index (χ4v) is 6.35. The molecule has 1 fully saturated rings. The fourth-order valence-electron chi connectivity index (χ4n) is 4.19. The molecule has 2 amide bonds. The summed E-state index contributed by atoms with van der Waals surface area (Å²) in [6.45, 7) is 1.67. The molecular weight excluding hydrogens is 446 g/mol.